The number of carbonyl (C=O) groups is 2. The van der Waals surface area contributed by atoms with Crippen LogP contribution >= 0.6 is 0 Å². The number of pyridine rings is 1. The van der Waals surface area contributed by atoms with Gasteiger partial charge in [-0.2, -0.15) is 9.40 Å². The number of piperazine rings is 2. The Bertz CT molecular complexity index is 2750. The van der Waals surface area contributed by atoms with E-state index >= 15 is 8.78 Å². The van der Waals surface area contributed by atoms with Gasteiger partial charge >= 0.3 is 0 Å². The van der Waals surface area contributed by atoms with E-state index in [0.29, 0.717) is 55.7 Å². The predicted octanol–water partition coefficient (Wildman–Crippen LogP) is 5.13. The number of nitrogens with one attached hydrogen (secondary N) is 3. The molecule has 9 rings (SSSR count). The van der Waals surface area contributed by atoms with Crippen LogP contribution in [0, 0.1) is 18.6 Å². The van der Waals surface area contributed by atoms with E-state index in [0.717, 1.165) is 95.0 Å². The molecule has 3 saturated heterocycles. The molecule has 3 N–H and O–H groups in total. The second-order valence-electron chi connectivity index (χ2n) is 17.5. The molecule has 1 aliphatic carbocycles. The fourth-order valence-corrected chi connectivity index (χ4v) is 10.3. The van der Waals surface area contributed by atoms with Crippen LogP contribution in [0.1, 0.15) is 63.0 Å². The Morgan fingerprint density at radius 2 is 1.51 bits per heavy atom. The van der Waals surface area contributed by atoms with Crippen LogP contribution in [0.15, 0.2) is 76.8 Å². The standard InChI is InChI=1S/C46H55F2N11O5S/c1-31-44(52-42-14-6-32(29-58(42)46(31)62)33-28-49-59(30-33)35-8-9-35)51-39-11-10-36(27-37(39)47)65(63,64)57-24-20-55(21-25-57)17-5-3-2-4-16-54-18-22-56(23-19-54)41-13-7-34(26-38(41)48)50-40-12-15-43(60)53-45(40)61/h6-7,10-11,13-14,26-30,35,40,50-51H,2-5,8-9,12,15-25H2,1H3,(H,53,60,61). The molecule has 5 aromatic rings. The highest BCUT2D eigenvalue weighted by Crippen LogP contribution is 2.35. The molecule has 1 atom stereocenters. The lowest BCUT2D eigenvalue weighted by molar-refractivity contribution is -0.133. The molecule has 1 unspecified atom stereocenters. The molecule has 4 fully saturated rings. The Kier molecular flexibility index (Phi) is 13.0. The molecule has 16 nitrogen and oxygen atoms in total. The molecular weight excluding hydrogens is 857 g/mol. The monoisotopic (exact) mass is 911 g/mol. The second kappa shape index (κ2) is 19.0. The number of sulfonamides is 1. The number of imide groups is 1. The first kappa shape index (κ1) is 44.4. The van der Waals surface area contributed by atoms with Gasteiger partial charge in [-0.3, -0.25) is 33.7 Å². The number of anilines is 4. The van der Waals surface area contributed by atoms with Crippen molar-refractivity contribution in [3.05, 3.63) is 94.7 Å². The first-order chi connectivity index (χ1) is 31.4. The van der Waals surface area contributed by atoms with Crippen molar-refractivity contribution < 1.29 is 26.8 Å². The molecule has 6 heterocycles. The Labute approximate surface area is 376 Å². The molecule has 2 amide bonds. The third-order valence-electron chi connectivity index (χ3n) is 13.0. The maximum absolute atomic E-state index is 15.5. The van der Waals surface area contributed by atoms with Crippen LogP contribution in [-0.2, 0) is 19.6 Å². The summed E-state index contributed by atoms with van der Waals surface area (Å²) in [6.07, 6.45) is 12.6. The van der Waals surface area contributed by atoms with Crippen LogP contribution in [0.4, 0.5) is 31.7 Å². The average molecular weight is 912 g/mol. The van der Waals surface area contributed by atoms with Gasteiger partial charge in [0.1, 0.15) is 29.1 Å². The number of amides is 2. The van der Waals surface area contributed by atoms with Gasteiger partial charge < -0.3 is 20.4 Å². The minimum atomic E-state index is -3.93. The van der Waals surface area contributed by atoms with E-state index in [1.807, 2.05) is 16.9 Å². The van der Waals surface area contributed by atoms with Gasteiger partial charge in [-0.1, -0.05) is 12.8 Å². The minimum Gasteiger partial charge on any atom is -0.374 e. The summed E-state index contributed by atoms with van der Waals surface area (Å²) in [5, 5.41) is 12.7. The van der Waals surface area contributed by atoms with Crippen molar-refractivity contribution in [1.82, 2.24) is 38.6 Å². The lowest BCUT2D eigenvalue weighted by Crippen LogP contribution is -2.48. The molecule has 344 valence electrons. The van der Waals surface area contributed by atoms with Crippen molar-refractivity contribution in [3.63, 3.8) is 0 Å². The summed E-state index contributed by atoms with van der Waals surface area (Å²) < 4.78 is 62.7. The van der Waals surface area contributed by atoms with E-state index in [1.165, 1.54) is 26.9 Å². The maximum Gasteiger partial charge on any atom is 0.262 e. The molecule has 0 radical (unpaired) electrons. The summed E-state index contributed by atoms with van der Waals surface area (Å²) in [5.41, 5.74) is 3.16. The van der Waals surface area contributed by atoms with E-state index in [9.17, 15) is 22.8 Å². The summed E-state index contributed by atoms with van der Waals surface area (Å²) in [4.78, 5) is 48.1. The van der Waals surface area contributed by atoms with Crippen LogP contribution in [-0.4, -0.2) is 125 Å². The van der Waals surface area contributed by atoms with Gasteiger partial charge in [0.15, 0.2) is 0 Å². The largest absolute Gasteiger partial charge is 0.374 e. The third kappa shape index (κ3) is 10.1. The van der Waals surface area contributed by atoms with Crippen molar-refractivity contribution >= 4 is 50.4 Å². The number of nitrogens with zero attached hydrogens (tertiary/aromatic N) is 8. The number of hydrogen-bond donors (Lipinski definition) is 3. The molecule has 0 spiro atoms. The number of rotatable bonds is 16. The first-order valence-corrected chi connectivity index (χ1v) is 24.1. The lowest BCUT2D eigenvalue weighted by atomic mass is 10.1. The van der Waals surface area contributed by atoms with Gasteiger partial charge in [-0.25, -0.2) is 22.2 Å². The third-order valence-corrected chi connectivity index (χ3v) is 14.9. The molecule has 0 bridgehead atoms. The lowest BCUT2D eigenvalue weighted by Gasteiger charge is -2.36. The second-order valence-corrected chi connectivity index (χ2v) is 19.5. The van der Waals surface area contributed by atoms with Gasteiger partial charge in [0.25, 0.3) is 5.56 Å². The number of benzene rings is 2. The van der Waals surface area contributed by atoms with Crippen molar-refractivity contribution in [3.8, 4) is 11.1 Å². The highest BCUT2D eigenvalue weighted by molar-refractivity contribution is 7.89. The number of aromatic nitrogens is 4. The van der Waals surface area contributed by atoms with Gasteiger partial charge in [-0.05, 0) is 101 Å². The Morgan fingerprint density at radius 1 is 0.785 bits per heavy atom. The highest BCUT2D eigenvalue weighted by atomic mass is 32.2. The van der Waals surface area contributed by atoms with Crippen LogP contribution in [0.2, 0.25) is 0 Å². The van der Waals surface area contributed by atoms with Crippen LogP contribution in [0.5, 0.6) is 0 Å². The number of halogens is 2. The first-order valence-electron chi connectivity index (χ1n) is 22.6. The van der Waals surface area contributed by atoms with E-state index < -0.39 is 27.8 Å². The normalized spacial score (nSPS) is 19.2. The molecule has 4 aliphatic rings. The molecule has 65 heavy (non-hydrogen) atoms. The summed E-state index contributed by atoms with van der Waals surface area (Å²) >= 11 is 0. The maximum atomic E-state index is 15.5. The number of hydrogen-bond acceptors (Lipinski definition) is 12. The number of piperidine rings is 1. The molecule has 3 aliphatic heterocycles. The van der Waals surface area contributed by atoms with Crippen molar-refractivity contribution in [2.75, 3.05) is 81.0 Å². The smallest absolute Gasteiger partial charge is 0.262 e. The highest BCUT2D eigenvalue weighted by Gasteiger charge is 2.30. The van der Waals surface area contributed by atoms with Gasteiger partial charge in [0.05, 0.1) is 34.1 Å². The average Bonchev–Trinajstić information content (AvgIpc) is 4.04. The molecular formula is C46H55F2N11O5S. The Balaban J connectivity index is 0.684. The Morgan fingerprint density at radius 3 is 2.18 bits per heavy atom. The van der Waals surface area contributed by atoms with E-state index in [2.05, 4.69) is 40.7 Å². The zero-order chi connectivity index (χ0) is 45.2. The van der Waals surface area contributed by atoms with Gasteiger partial charge in [-0.15, -0.1) is 0 Å². The van der Waals surface area contributed by atoms with Crippen molar-refractivity contribution in [1.29, 1.82) is 0 Å². The molecule has 19 heteroatoms. The predicted molar refractivity (Wildman–Crippen MR) is 244 cm³/mol. The fourth-order valence-electron chi connectivity index (χ4n) is 8.90. The van der Waals surface area contributed by atoms with E-state index in [-0.39, 0.29) is 45.7 Å². The number of carbonyl (C=O) groups excluding carboxylic acids is 2. The SMILES string of the molecule is Cc1c(Nc2ccc(S(=O)(=O)N3CCN(CCCCCCN4CCN(c5ccc(NC6CCC(=O)NC6=O)cc5F)CC4)CC3)cc2F)nc2ccc(-c3cnn(C4CC4)c3)cn2c1=O. The van der Waals surface area contributed by atoms with Crippen molar-refractivity contribution in [2.45, 2.75) is 75.3 Å². The molecule has 1 saturated carbocycles. The van der Waals surface area contributed by atoms with Crippen molar-refractivity contribution in [2.24, 2.45) is 0 Å². The topological polar surface area (TPSA) is 170 Å². The minimum absolute atomic E-state index is 0.0127. The molecule has 3 aromatic heterocycles. The zero-order valence-corrected chi connectivity index (χ0v) is 37.3. The van der Waals surface area contributed by atoms with Crippen LogP contribution < -0.4 is 26.4 Å². The quantitative estimate of drug-likeness (QED) is 0.0884. The van der Waals surface area contributed by atoms with Crippen LogP contribution in [0.3, 0.4) is 0 Å². The zero-order valence-electron chi connectivity index (χ0n) is 36.5. The summed E-state index contributed by atoms with van der Waals surface area (Å²) in [6.45, 7) is 8.44. The summed E-state index contributed by atoms with van der Waals surface area (Å²) in [6, 6.07) is 12.2. The van der Waals surface area contributed by atoms with Crippen LogP contribution in [0.25, 0.3) is 16.8 Å². The van der Waals surface area contributed by atoms with Gasteiger partial charge in [0.2, 0.25) is 21.8 Å². The van der Waals surface area contributed by atoms with E-state index in [4.69, 9.17) is 0 Å². The fraction of sp³-hybridized carbons (Fsp3) is 0.457. The van der Waals surface area contributed by atoms with E-state index in [1.54, 1.807) is 37.5 Å². The molecule has 2 aromatic carbocycles. The summed E-state index contributed by atoms with van der Waals surface area (Å²) in [5.74, 6) is -1.60. The number of unbranched alkanes of at least 4 members (excludes halogenated alkanes) is 3. The summed E-state index contributed by atoms with van der Waals surface area (Å²) in [7, 11) is -3.93. The van der Waals surface area contributed by atoms with Gasteiger partial charge in [0, 0.05) is 88.0 Å². The Hall–Kier alpha value is -5.76. The number of fused-ring (bicyclic) bond motifs is 1.